The number of aryl methyl sites for hydroxylation is 1. The largest absolute Gasteiger partial charge is 0.487 e. The molecule has 1 aromatic carbocycles. The zero-order chi connectivity index (χ0) is 14.4. The lowest BCUT2D eigenvalue weighted by Crippen LogP contribution is -2.34. The van der Waals surface area contributed by atoms with E-state index in [0.29, 0.717) is 11.4 Å². The van der Waals surface area contributed by atoms with Crippen LogP contribution in [-0.2, 0) is 0 Å². The number of urea groups is 1. The molecule has 0 saturated heterocycles. The van der Waals surface area contributed by atoms with Gasteiger partial charge in [0.2, 0.25) is 0 Å². The topological polar surface area (TPSA) is 50.4 Å². The molecule has 0 saturated carbocycles. The molecule has 0 aliphatic rings. The first-order chi connectivity index (χ1) is 8.88. The van der Waals surface area contributed by atoms with Crippen LogP contribution < -0.4 is 15.4 Å². The second-order valence-corrected chi connectivity index (χ2v) is 4.44. The maximum absolute atomic E-state index is 12.1. The number of nitrogens with one attached hydrogen (secondary N) is 2. The predicted octanol–water partition coefficient (Wildman–Crippen LogP) is 3.17. The standard InChI is InChI=1S/C13H18F2N2O2/c1-8(2)16-13(18)17-10-5-4-9(3)11(6-10)19-7-12(14)15/h4-6,8,12H,7H2,1-3H3,(H2,16,17,18). The number of rotatable bonds is 5. The van der Waals surface area contributed by atoms with Gasteiger partial charge in [-0.2, -0.15) is 0 Å². The van der Waals surface area contributed by atoms with E-state index in [-0.39, 0.29) is 12.1 Å². The smallest absolute Gasteiger partial charge is 0.319 e. The molecular formula is C13H18F2N2O2. The normalized spacial score (nSPS) is 10.7. The summed E-state index contributed by atoms with van der Waals surface area (Å²) in [5, 5.41) is 5.28. The zero-order valence-corrected chi connectivity index (χ0v) is 11.2. The number of hydrogen-bond donors (Lipinski definition) is 2. The lowest BCUT2D eigenvalue weighted by Gasteiger charge is -2.13. The monoisotopic (exact) mass is 272 g/mol. The van der Waals surface area contributed by atoms with E-state index in [1.54, 1.807) is 19.1 Å². The van der Waals surface area contributed by atoms with Crippen LogP contribution in [0, 0.1) is 6.92 Å². The van der Waals surface area contributed by atoms with E-state index in [4.69, 9.17) is 4.74 Å². The molecule has 19 heavy (non-hydrogen) atoms. The number of benzene rings is 1. The summed E-state index contributed by atoms with van der Waals surface area (Å²) >= 11 is 0. The van der Waals surface area contributed by atoms with Crippen LogP contribution in [0.2, 0.25) is 0 Å². The molecule has 2 N–H and O–H groups in total. The average molecular weight is 272 g/mol. The van der Waals surface area contributed by atoms with Crippen LogP contribution in [-0.4, -0.2) is 25.1 Å². The Morgan fingerprint density at radius 2 is 2.05 bits per heavy atom. The molecule has 0 spiro atoms. The summed E-state index contributed by atoms with van der Waals surface area (Å²) in [5.41, 5.74) is 1.23. The minimum atomic E-state index is -2.53. The first kappa shape index (κ1) is 15.2. The number of carbonyl (C=O) groups excluding carboxylic acids is 1. The van der Waals surface area contributed by atoms with E-state index in [1.807, 2.05) is 13.8 Å². The highest BCUT2D eigenvalue weighted by Crippen LogP contribution is 2.23. The molecule has 0 atom stereocenters. The predicted molar refractivity (Wildman–Crippen MR) is 70.0 cm³/mol. The third kappa shape index (κ3) is 5.54. The van der Waals surface area contributed by atoms with Crippen molar-refractivity contribution in [2.75, 3.05) is 11.9 Å². The average Bonchev–Trinajstić information content (AvgIpc) is 2.28. The Balaban J connectivity index is 2.70. The highest BCUT2D eigenvalue weighted by molar-refractivity contribution is 5.89. The second-order valence-electron chi connectivity index (χ2n) is 4.44. The summed E-state index contributed by atoms with van der Waals surface area (Å²) in [6, 6.07) is 4.58. The Kier molecular flexibility index (Phi) is 5.54. The van der Waals surface area contributed by atoms with Crippen molar-refractivity contribution in [2.24, 2.45) is 0 Å². The summed E-state index contributed by atoms with van der Waals surface area (Å²) in [5.74, 6) is 0.336. The summed E-state index contributed by atoms with van der Waals surface area (Å²) in [4.78, 5) is 11.5. The van der Waals surface area contributed by atoms with E-state index in [2.05, 4.69) is 10.6 Å². The number of halogens is 2. The van der Waals surface area contributed by atoms with Crippen molar-refractivity contribution in [3.8, 4) is 5.75 Å². The molecule has 1 aromatic rings. The lowest BCUT2D eigenvalue weighted by atomic mass is 10.2. The number of amides is 2. The number of alkyl halides is 2. The van der Waals surface area contributed by atoms with Crippen molar-refractivity contribution in [3.05, 3.63) is 23.8 Å². The highest BCUT2D eigenvalue weighted by atomic mass is 19.3. The molecule has 0 unspecified atom stereocenters. The Labute approximate surface area is 111 Å². The number of hydrogen-bond acceptors (Lipinski definition) is 2. The van der Waals surface area contributed by atoms with E-state index >= 15 is 0 Å². The van der Waals surface area contributed by atoms with Crippen LogP contribution in [0.15, 0.2) is 18.2 Å². The van der Waals surface area contributed by atoms with Crippen LogP contribution in [0.5, 0.6) is 5.75 Å². The fourth-order valence-electron chi connectivity index (χ4n) is 1.42. The molecule has 1 rings (SSSR count). The van der Waals surface area contributed by atoms with Gasteiger partial charge >= 0.3 is 6.03 Å². The Morgan fingerprint density at radius 1 is 1.37 bits per heavy atom. The molecule has 0 fully saturated rings. The molecule has 2 amide bonds. The third-order valence-corrected chi connectivity index (χ3v) is 2.23. The van der Waals surface area contributed by atoms with Crippen molar-refractivity contribution in [1.29, 1.82) is 0 Å². The Hall–Kier alpha value is -1.85. The Bertz CT molecular complexity index is 437. The molecule has 0 radical (unpaired) electrons. The van der Waals surface area contributed by atoms with Gasteiger partial charge in [0.1, 0.15) is 12.4 Å². The van der Waals surface area contributed by atoms with Gasteiger partial charge < -0.3 is 15.4 Å². The third-order valence-electron chi connectivity index (χ3n) is 2.23. The maximum atomic E-state index is 12.1. The first-order valence-corrected chi connectivity index (χ1v) is 5.97. The van der Waals surface area contributed by atoms with Crippen molar-refractivity contribution in [2.45, 2.75) is 33.2 Å². The van der Waals surface area contributed by atoms with Gasteiger partial charge in [0.05, 0.1) is 0 Å². The number of carbonyl (C=O) groups is 1. The van der Waals surface area contributed by atoms with E-state index in [1.165, 1.54) is 6.07 Å². The lowest BCUT2D eigenvalue weighted by molar-refractivity contribution is 0.0816. The molecule has 0 aromatic heterocycles. The molecule has 0 heterocycles. The van der Waals surface area contributed by atoms with Gasteiger partial charge in [-0.15, -0.1) is 0 Å². The fourth-order valence-corrected chi connectivity index (χ4v) is 1.42. The van der Waals surface area contributed by atoms with Gasteiger partial charge in [0.25, 0.3) is 6.43 Å². The maximum Gasteiger partial charge on any atom is 0.319 e. The SMILES string of the molecule is Cc1ccc(NC(=O)NC(C)C)cc1OCC(F)F. The number of anilines is 1. The molecule has 0 aliphatic heterocycles. The van der Waals surface area contributed by atoms with Crippen LogP contribution >= 0.6 is 0 Å². The molecular weight excluding hydrogens is 254 g/mol. The second kappa shape index (κ2) is 6.92. The van der Waals surface area contributed by atoms with Gasteiger partial charge in [0, 0.05) is 17.8 Å². The van der Waals surface area contributed by atoms with Gasteiger partial charge in [-0.1, -0.05) is 6.07 Å². The van der Waals surface area contributed by atoms with Crippen molar-refractivity contribution >= 4 is 11.7 Å². The fraction of sp³-hybridized carbons (Fsp3) is 0.462. The highest BCUT2D eigenvalue weighted by Gasteiger charge is 2.08. The summed E-state index contributed by atoms with van der Waals surface area (Å²) in [7, 11) is 0. The molecule has 4 nitrogen and oxygen atoms in total. The summed E-state index contributed by atoms with van der Waals surface area (Å²) < 4.78 is 29.2. The van der Waals surface area contributed by atoms with Crippen molar-refractivity contribution in [3.63, 3.8) is 0 Å². The first-order valence-electron chi connectivity index (χ1n) is 5.97. The van der Waals surface area contributed by atoms with Gasteiger partial charge in [-0.3, -0.25) is 0 Å². The van der Waals surface area contributed by atoms with Crippen molar-refractivity contribution in [1.82, 2.24) is 5.32 Å². The van der Waals surface area contributed by atoms with Crippen LogP contribution in [0.25, 0.3) is 0 Å². The van der Waals surface area contributed by atoms with Gasteiger partial charge in [0.15, 0.2) is 0 Å². The van der Waals surface area contributed by atoms with Crippen LogP contribution in [0.1, 0.15) is 19.4 Å². The summed E-state index contributed by atoms with van der Waals surface area (Å²) in [6.07, 6.45) is -2.53. The molecule has 106 valence electrons. The minimum Gasteiger partial charge on any atom is -0.487 e. The minimum absolute atomic E-state index is 0.0139. The van der Waals surface area contributed by atoms with E-state index in [9.17, 15) is 13.6 Å². The molecule has 6 heteroatoms. The van der Waals surface area contributed by atoms with E-state index in [0.717, 1.165) is 5.56 Å². The quantitative estimate of drug-likeness (QED) is 0.865. The van der Waals surface area contributed by atoms with Crippen LogP contribution in [0.4, 0.5) is 19.3 Å². The Morgan fingerprint density at radius 3 is 2.63 bits per heavy atom. The van der Waals surface area contributed by atoms with Gasteiger partial charge in [-0.25, -0.2) is 13.6 Å². The molecule has 0 aliphatic carbocycles. The molecule has 0 bridgehead atoms. The zero-order valence-electron chi connectivity index (χ0n) is 11.2. The van der Waals surface area contributed by atoms with Crippen LogP contribution in [0.3, 0.4) is 0 Å². The van der Waals surface area contributed by atoms with E-state index < -0.39 is 13.0 Å². The van der Waals surface area contributed by atoms with Gasteiger partial charge in [-0.05, 0) is 32.4 Å². The number of ether oxygens (including phenoxy) is 1. The van der Waals surface area contributed by atoms with Crippen molar-refractivity contribution < 1.29 is 18.3 Å². The summed E-state index contributed by atoms with van der Waals surface area (Å²) in [6.45, 7) is 4.76.